The van der Waals surface area contributed by atoms with Crippen LogP contribution in [0.5, 0.6) is 11.5 Å². The lowest BCUT2D eigenvalue weighted by atomic mass is 10.1. The zero-order valence-electron chi connectivity index (χ0n) is 21.0. The van der Waals surface area contributed by atoms with E-state index >= 15 is 0 Å². The maximum Gasteiger partial charge on any atom is 0.267 e. The molecule has 1 saturated heterocycles. The molecule has 2 aromatic carbocycles. The summed E-state index contributed by atoms with van der Waals surface area (Å²) in [6, 6.07) is 14.2. The van der Waals surface area contributed by atoms with Crippen molar-refractivity contribution in [1.82, 2.24) is 14.9 Å². The molecule has 1 amide bonds. The molecule has 0 radical (unpaired) electrons. The van der Waals surface area contributed by atoms with Crippen molar-refractivity contribution in [3.8, 4) is 17.2 Å². The van der Waals surface area contributed by atoms with E-state index in [4.69, 9.17) is 4.74 Å². The maximum absolute atomic E-state index is 15.0. The molecule has 5 rings (SSSR count). The molecule has 1 atom stereocenters. The zero-order chi connectivity index (χ0) is 27.2. The van der Waals surface area contributed by atoms with Crippen LogP contribution in [0.15, 0.2) is 84.0 Å². The Bertz CT molecular complexity index is 1520. The van der Waals surface area contributed by atoms with Gasteiger partial charge in [0, 0.05) is 48.5 Å². The number of nitrogens with one attached hydrogen (secondary N) is 3. The molecule has 39 heavy (non-hydrogen) atoms. The Morgan fingerprint density at radius 1 is 1.08 bits per heavy atom. The Balaban J connectivity index is 1.28. The van der Waals surface area contributed by atoms with Crippen LogP contribution in [0, 0.1) is 11.6 Å². The minimum Gasteiger partial charge on any atom is -0.452 e. The van der Waals surface area contributed by atoms with Gasteiger partial charge in [-0.1, -0.05) is 6.42 Å². The van der Waals surface area contributed by atoms with Crippen LogP contribution in [-0.2, 0) is 0 Å². The molecule has 3 N–H and O–H groups in total. The molecular formula is C29H27F2N5O3. The first-order valence-corrected chi connectivity index (χ1v) is 12.7. The highest BCUT2D eigenvalue weighted by molar-refractivity contribution is 6.04. The van der Waals surface area contributed by atoms with Crippen LogP contribution in [0.1, 0.15) is 29.6 Å². The first-order chi connectivity index (χ1) is 19.0. The molecule has 1 unspecified atom stereocenters. The molecule has 1 aliphatic heterocycles. The highest BCUT2D eigenvalue weighted by Crippen LogP contribution is 2.31. The SMILES string of the molecule is O=C(Nc1ccc(Oc2ccncc2NCC2CCCCN2)c(F)c1)c1cccn(-c2ccc(F)cc2)c1=O. The summed E-state index contributed by atoms with van der Waals surface area (Å²) in [7, 11) is 0. The summed E-state index contributed by atoms with van der Waals surface area (Å²) in [6.45, 7) is 1.68. The second kappa shape index (κ2) is 11.9. The highest BCUT2D eigenvalue weighted by Gasteiger charge is 2.17. The molecule has 2 aromatic heterocycles. The predicted molar refractivity (Wildman–Crippen MR) is 145 cm³/mol. The molecule has 1 fully saturated rings. The van der Waals surface area contributed by atoms with E-state index in [1.54, 1.807) is 18.5 Å². The Morgan fingerprint density at radius 3 is 2.69 bits per heavy atom. The van der Waals surface area contributed by atoms with E-state index in [2.05, 4.69) is 20.9 Å². The van der Waals surface area contributed by atoms with Crippen molar-refractivity contribution in [2.24, 2.45) is 0 Å². The van der Waals surface area contributed by atoms with Crippen molar-refractivity contribution in [3.05, 3.63) is 107 Å². The molecule has 0 saturated carbocycles. The fourth-order valence-corrected chi connectivity index (χ4v) is 4.38. The Kier molecular flexibility index (Phi) is 7.93. The minimum absolute atomic E-state index is 0.0311. The average molecular weight is 532 g/mol. The van der Waals surface area contributed by atoms with Crippen molar-refractivity contribution in [1.29, 1.82) is 0 Å². The number of ether oxygens (including phenoxy) is 1. The van der Waals surface area contributed by atoms with Gasteiger partial charge in [0.05, 0.1) is 11.9 Å². The number of carbonyl (C=O) groups is 1. The Labute approximate surface area is 223 Å². The number of nitrogens with zero attached hydrogens (tertiary/aromatic N) is 2. The summed E-state index contributed by atoms with van der Waals surface area (Å²) in [4.78, 5) is 29.9. The second-order valence-corrected chi connectivity index (χ2v) is 9.17. The number of anilines is 2. The number of amides is 1. The van der Waals surface area contributed by atoms with Gasteiger partial charge in [-0.15, -0.1) is 0 Å². The van der Waals surface area contributed by atoms with Crippen molar-refractivity contribution in [2.45, 2.75) is 25.3 Å². The van der Waals surface area contributed by atoms with E-state index in [9.17, 15) is 18.4 Å². The molecule has 10 heteroatoms. The number of hydrogen-bond acceptors (Lipinski definition) is 6. The van der Waals surface area contributed by atoms with Gasteiger partial charge in [0.2, 0.25) is 0 Å². The second-order valence-electron chi connectivity index (χ2n) is 9.17. The van der Waals surface area contributed by atoms with Gasteiger partial charge in [-0.3, -0.25) is 19.1 Å². The summed E-state index contributed by atoms with van der Waals surface area (Å²) in [5.41, 5.74) is 0.454. The lowest BCUT2D eigenvalue weighted by Gasteiger charge is -2.24. The van der Waals surface area contributed by atoms with Gasteiger partial charge in [0.15, 0.2) is 17.3 Å². The molecule has 0 spiro atoms. The topological polar surface area (TPSA) is 97.3 Å². The van der Waals surface area contributed by atoms with Gasteiger partial charge in [-0.2, -0.15) is 0 Å². The lowest BCUT2D eigenvalue weighted by Crippen LogP contribution is -2.39. The predicted octanol–water partition coefficient (Wildman–Crippen LogP) is 5.11. The maximum atomic E-state index is 15.0. The summed E-state index contributed by atoms with van der Waals surface area (Å²) < 4.78 is 35.3. The normalized spacial score (nSPS) is 15.0. The third kappa shape index (κ3) is 6.29. The van der Waals surface area contributed by atoms with Gasteiger partial charge in [-0.25, -0.2) is 8.78 Å². The van der Waals surface area contributed by atoms with Crippen LogP contribution in [-0.4, -0.2) is 34.6 Å². The third-order valence-electron chi connectivity index (χ3n) is 6.44. The molecule has 8 nitrogen and oxygen atoms in total. The van der Waals surface area contributed by atoms with Gasteiger partial charge in [0.25, 0.3) is 11.5 Å². The lowest BCUT2D eigenvalue weighted by molar-refractivity contribution is 0.102. The van der Waals surface area contributed by atoms with Crippen molar-refractivity contribution >= 4 is 17.3 Å². The Morgan fingerprint density at radius 2 is 1.92 bits per heavy atom. The van der Waals surface area contributed by atoms with Crippen molar-refractivity contribution in [2.75, 3.05) is 23.7 Å². The van der Waals surface area contributed by atoms with E-state index in [0.29, 0.717) is 29.7 Å². The molecule has 4 aromatic rings. The van der Waals surface area contributed by atoms with Gasteiger partial charge < -0.3 is 20.7 Å². The van der Waals surface area contributed by atoms with Crippen molar-refractivity contribution < 1.29 is 18.3 Å². The first-order valence-electron chi connectivity index (χ1n) is 12.7. The van der Waals surface area contributed by atoms with Crippen LogP contribution in [0.2, 0.25) is 0 Å². The number of carbonyl (C=O) groups excluding carboxylic acids is 1. The first kappa shape index (κ1) is 26.1. The molecular weight excluding hydrogens is 504 g/mol. The Hall–Kier alpha value is -4.57. The largest absolute Gasteiger partial charge is 0.452 e. The van der Waals surface area contributed by atoms with E-state index in [1.165, 1.54) is 72.1 Å². The van der Waals surface area contributed by atoms with Gasteiger partial charge in [-0.05, 0) is 67.9 Å². The van der Waals surface area contributed by atoms with Crippen LogP contribution >= 0.6 is 0 Å². The molecule has 1 aliphatic rings. The summed E-state index contributed by atoms with van der Waals surface area (Å²) in [5.74, 6) is -1.45. The average Bonchev–Trinajstić information content (AvgIpc) is 2.95. The van der Waals surface area contributed by atoms with E-state index in [-0.39, 0.29) is 17.0 Å². The smallest absolute Gasteiger partial charge is 0.267 e. The number of rotatable bonds is 8. The van der Waals surface area contributed by atoms with E-state index in [0.717, 1.165) is 19.0 Å². The fourth-order valence-electron chi connectivity index (χ4n) is 4.38. The monoisotopic (exact) mass is 531 g/mol. The van der Waals surface area contributed by atoms with Crippen LogP contribution in [0.25, 0.3) is 5.69 Å². The highest BCUT2D eigenvalue weighted by atomic mass is 19.1. The summed E-state index contributed by atoms with van der Waals surface area (Å²) >= 11 is 0. The molecule has 0 aliphatic carbocycles. The third-order valence-corrected chi connectivity index (χ3v) is 6.44. The number of aromatic nitrogens is 2. The summed E-state index contributed by atoms with van der Waals surface area (Å²) in [5, 5.41) is 9.34. The van der Waals surface area contributed by atoms with Crippen LogP contribution in [0.4, 0.5) is 20.2 Å². The quantitative estimate of drug-likeness (QED) is 0.292. The van der Waals surface area contributed by atoms with Crippen LogP contribution < -0.4 is 26.2 Å². The van der Waals surface area contributed by atoms with E-state index in [1.807, 2.05) is 0 Å². The number of benzene rings is 2. The number of halogens is 2. The van der Waals surface area contributed by atoms with Crippen LogP contribution in [0.3, 0.4) is 0 Å². The van der Waals surface area contributed by atoms with Gasteiger partial charge >= 0.3 is 0 Å². The summed E-state index contributed by atoms with van der Waals surface area (Å²) in [6.07, 6.45) is 8.10. The van der Waals surface area contributed by atoms with E-state index < -0.39 is 23.1 Å². The van der Waals surface area contributed by atoms with Gasteiger partial charge in [0.1, 0.15) is 11.4 Å². The molecule has 0 bridgehead atoms. The zero-order valence-corrected chi connectivity index (χ0v) is 21.0. The minimum atomic E-state index is -0.707. The number of hydrogen-bond donors (Lipinski definition) is 3. The molecule has 3 heterocycles. The fraction of sp³-hybridized carbons (Fsp3) is 0.207. The molecule has 200 valence electrons. The number of pyridine rings is 2. The standard InChI is InChI=1S/C29H27F2N5O3/c30-19-6-9-22(10-7-19)36-15-3-5-23(29(36)38)28(37)35-20-8-11-26(24(31)16-20)39-27-12-14-32-18-25(27)34-17-21-4-1-2-13-33-21/h3,5-12,14-16,18,21,33-34H,1-2,4,13,17H2,(H,35,37). The van der Waals surface area contributed by atoms with Crippen molar-refractivity contribution in [3.63, 3.8) is 0 Å². The number of piperidine rings is 1.